The summed E-state index contributed by atoms with van der Waals surface area (Å²) in [5, 5.41) is 9.99. The molecular formula is C17H14O. The molecule has 0 radical (unpaired) electrons. The van der Waals surface area contributed by atoms with Crippen molar-refractivity contribution < 1.29 is 5.11 Å². The van der Waals surface area contributed by atoms with E-state index in [0.717, 1.165) is 0 Å². The van der Waals surface area contributed by atoms with Gasteiger partial charge in [-0.15, -0.1) is 0 Å². The first-order valence-electron chi connectivity index (χ1n) is 6.68. The predicted molar refractivity (Wildman–Crippen MR) is 69.7 cm³/mol. The topological polar surface area (TPSA) is 20.2 Å². The number of aliphatic hydroxyl groups excluding tert-OH is 1. The Kier molecular flexibility index (Phi) is 1.40. The largest absolute Gasteiger partial charge is 0.396 e. The number of rotatable bonds is 1. The average molecular weight is 234 g/mol. The molecule has 0 heterocycles. The molecule has 5 rings (SSSR count). The molecule has 0 aliphatic heterocycles. The minimum atomic E-state index is 0.105. The lowest BCUT2D eigenvalue weighted by Crippen LogP contribution is -2.14. The van der Waals surface area contributed by atoms with E-state index >= 15 is 0 Å². The monoisotopic (exact) mass is 234 g/mol. The molecule has 18 heavy (non-hydrogen) atoms. The fraction of sp³-hybridized carbons (Fsp3) is 0.294. The summed E-state index contributed by atoms with van der Waals surface area (Å²) in [7, 11) is 0. The van der Waals surface area contributed by atoms with E-state index in [2.05, 4.69) is 48.5 Å². The molecule has 1 heteroatoms. The molecule has 1 nitrogen and oxygen atoms in total. The van der Waals surface area contributed by atoms with Crippen LogP contribution in [0.1, 0.15) is 40.0 Å². The van der Waals surface area contributed by atoms with Crippen molar-refractivity contribution in [1.82, 2.24) is 0 Å². The molecule has 0 amide bonds. The molecule has 1 N–H and O–H groups in total. The maximum Gasteiger partial charge on any atom is 0.0508 e. The molecule has 0 bridgehead atoms. The van der Waals surface area contributed by atoms with Crippen LogP contribution in [0, 0.1) is 5.41 Å². The van der Waals surface area contributed by atoms with Crippen LogP contribution >= 0.6 is 0 Å². The molecule has 0 saturated heterocycles. The lowest BCUT2D eigenvalue weighted by molar-refractivity contribution is 0.200. The summed E-state index contributed by atoms with van der Waals surface area (Å²) in [5.74, 6) is 1.57. The van der Waals surface area contributed by atoms with Crippen LogP contribution in [0.3, 0.4) is 0 Å². The second-order valence-corrected chi connectivity index (χ2v) is 5.92. The van der Waals surface area contributed by atoms with Gasteiger partial charge in [0.2, 0.25) is 0 Å². The van der Waals surface area contributed by atoms with Crippen molar-refractivity contribution in [3.63, 3.8) is 0 Å². The van der Waals surface area contributed by atoms with Crippen LogP contribution in [0.15, 0.2) is 48.5 Å². The van der Waals surface area contributed by atoms with Crippen LogP contribution in [-0.2, 0) is 0 Å². The first-order valence-corrected chi connectivity index (χ1v) is 6.68. The van der Waals surface area contributed by atoms with E-state index in [1.54, 1.807) is 0 Å². The summed E-state index contributed by atoms with van der Waals surface area (Å²) in [6.45, 7) is 0.316. The van der Waals surface area contributed by atoms with E-state index in [4.69, 9.17) is 0 Å². The van der Waals surface area contributed by atoms with Crippen LogP contribution in [0.25, 0.3) is 0 Å². The highest BCUT2D eigenvalue weighted by Crippen LogP contribution is 2.85. The third-order valence-corrected chi connectivity index (χ3v) is 5.48. The van der Waals surface area contributed by atoms with Crippen LogP contribution in [0.4, 0.5) is 0 Å². The number of hydrogen-bond donors (Lipinski definition) is 1. The van der Waals surface area contributed by atoms with Crippen LogP contribution < -0.4 is 0 Å². The summed E-state index contributed by atoms with van der Waals surface area (Å²) < 4.78 is 0. The second kappa shape index (κ2) is 2.70. The first kappa shape index (κ1) is 9.35. The Morgan fingerprint density at radius 1 is 0.778 bits per heavy atom. The van der Waals surface area contributed by atoms with Crippen molar-refractivity contribution in [2.45, 2.75) is 17.8 Å². The number of aliphatic hydroxyl groups is 1. The van der Waals surface area contributed by atoms with E-state index in [-0.39, 0.29) is 5.41 Å². The predicted octanol–water partition coefficient (Wildman–Crippen LogP) is 3.01. The highest BCUT2D eigenvalue weighted by molar-refractivity contribution is 5.67. The quantitative estimate of drug-likeness (QED) is 0.804. The van der Waals surface area contributed by atoms with Crippen molar-refractivity contribution in [2.24, 2.45) is 5.41 Å². The normalized spacial score (nSPS) is 37.1. The van der Waals surface area contributed by atoms with Crippen LogP contribution in [-0.4, -0.2) is 11.7 Å². The molecule has 2 atom stereocenters. The fourth-order valence-corrected chi connectivity index (χ4v) is 4.90. The molecule has 2 aromatic rings. The maximum absolute atomic E-state index is 9.99. The summed E-state index contributed by atoms with van der Waals surface area (Å²) in [6, 6.07) is 17.6. The van der Waals surface area contributed by atoms with Crippen molar-refractivity contribution in [3.8, 4) is 0 Å². The van der Waals surface area contributed by atoms with Crippen molar-refractivity contribution in [2.75, 3.05) is 6.61 Å². The minimum Gasteiger partial charge on any atom is -0.396 e. The molecule has 1 saturated carbocycles. The smallest absolute Gasteiger partial charge is 0.0508 e. The van der Waals surface area contributed by atoms with Gasteiger partial charge >= 0.3 is 0 Å². The van der Waals surface area contributed by atoms with E-state index in [1.807, 2.05) is 0 Å². The zero-order valence-corrected chi connectivity index (χ0v) is 10.0. The van der Waals surface area contributed by atoms with Crippen molar-refractivity contribution >= 4 is 0 Å². The molecule has 3 aliphatic rings. The zero-order valence-electron chi connectivity index (χ0n) is 10.0. The van der Waals surface area contributed by atoms with Gasteiger partial charge in [-0.25, -0.2) is 0 Å². The number of benzene rings is 2. The third kappa shape index (κ3) is 0.733. The van der Waals surface area contributed by atoms with Crippen molar-refractivity contribution in [3.05, 3.63) is 70.8 Å². The van der Waals surface area contributed by atoms with Crippen molar-refractivity contribution in [1.29, 1.82) is 0 Å². The molecule has 0 unspecified atom stereocenters. The fourth-order valence-electron chi connectivity index (χ4n) is 4.90. The van der Waals surface area contributed by atoms with Gasteiger partial charge in [0, 0.05) is 23.2 Å². The molecule has 2 aromatic carbocycles. The Labute approximate surface area is 106 Å². The van der Waals surface area contributed by atoms with Gasteiger partial charge in [-0.05, 0) is 22.3 Å². The van der Waals surface area contributed by atoms with Gasteiger partial charge in [-0.2, -0.15) is 0 Å². The lowest BCUT2D eigenvalue weighted by atomic mass is 9.85. The van der Waals surface area contributed by atoms with Gasteiger partial charge in [0.1, 0.15) is 0 Å². The summed E-state index contributed by atoms with van der Waals surface area (Å²) in [5.41, 5.74) is 5.99. The Morgan fingerprint density at radius 3 is 1.67 bits per heavy atom. The Balaban J connectivity index is 1.86. The van der Waals surface area contributed by atoms with E-state index < -0.39 is 0 Å². The van der Waals surface area contributed by atoms with Gasteiger partial charge < -0.3 is 5.11 Å². The first-order chi connectivity index (χ1) is 8.89. The number of fused-ring (bicyclic) bond motifs is 7. The van der Waals surface area contributed by atoms with Gasteiger partial charge in [-0.1, -0.05) is 48.5 Å². The average Bonchev–Trinajstić information content (AvgIpc) is 2.93. The Morgan fingerprint density at radius 2 is 1.22 bits per heavy atom. The maximum atomic E-state index is 9.99. The molecular weight excluding hydrogens is 220 g/mol. The van der Waals surface area contributed by atoms with Gasteiger partial charge in [0.25, 0.3) is 0 Å². The standard InChI is InChI=1S/C17H14O/c18-9-17-14-10-5-1-3-7-12(10)15(17)16(17)13-8-4-2-6-11(13)14/h1-8,14-16,18H,9H2/t14?,15-,16-,17?/m1/s1. The summed E-state index contributed by atoms with van der Waals surface area (Å²) >= 11 is 0. The summed E-state index contributed by atoms with van der Waals surface area (Å²) in [6.07, 6.45) is 0. The second-order valence-electron chi connectivity index (χ2n) is 5.92. The van der Waals surface area contributed by atoms with Gasteiger partial charge in [-0.3, -0.25) is 0 Å². The molecule has 0 aromatic heterocycles. The highest BCUT2D eigenvalue weighted by Gasteiger charge is 2.77. The van der Waals surface area contributed by atoms with E-state index in [9.17, 15) is 5.11 Å². The van der Waals surface area contributed by atoms with Gasteiger partial charge in [0.15, 0.2) is 0 Å². The van der Waals surface area contributed by atoms with Crippen LogP contribution in [0.5, 0.6) is 0 Å². The third-order valence-electron chi connectivity index (χ3n) is 5.48. The van der Waals surface area contributed by atoms with E-state index in [0.29, 0.717) is 24.4 Å². The summed E-state index contributed by atoms with van der Waals surface area (Å²) in [4.78, 5) is 0. The minimum absolute atomic E-state index is 0.105. The zero-order chi connectivity index (χ0) is 11.9. The SMILES string of the molecule is OCC12C3c4ccccc4[C@@H]1[C@H]2c1ccccc13. The molecule has 3 aliphatic carbocycles. The van der Waals surface area contributed by atoms with E-state index in [1.165, 1.54) is 22.3 Å². The Hall–Kier alpha value is -1.60. The molecule has 0 spiro atoms. The van der Waals surface area contributed by atoms with Crippen LogP contribution in [0.2, 0.25) is 0 Å². The lowest BCUT2D eigenvalue weighted by Gasteiger charge is -2.19. The molecule has 1 fully saturated rings. The highest BCUT2D eigenvalue weighted by atomic mass is 16.3. The molecule has 88 valence electrons. The van der Waals surface area contributed by atoms with Gasteiger partial charge in [0.05, 0.1) is 6.61 Å². The number of hydrogen-bond acceptors (Lipinski definition) is 1. The Bertz CT molecular complexity index is 619.